The molecule has 0 aliphatic heterocycles. The zero-order chi connectivity index (χ0) is 10.7. The van der Waals surface area contributed by atoms with Crippen LogP contribution in [0.1, 0.15) is 19.7 Å². The van der Waals surface area contributed by atoms with Crippen molar-refractivity contribution in [2.24, 2.45) is 0 Å². The van der Waals surface area contributed by atoms with Crippen molar-refractivity contribution in [3.05, 3.63) is 29.5 Å². The van der Waals surface area contributed by atoms with Gasteiger partial charge in [0, 0.05) is 6.04 Å². The molecule has 15 heavy (non-hydrogen) atoms. The zero-order valence-electron chi connectivity index (χ0n) is 8.95. The van der Waals surface area contributed by atoms with Crippen molar-refractivity contribution in [1.29, 1.82) is 0 Å². The van der Waals surface area contributed by atoms with E-state index in [2.05, 4.69) is 40.6 Å². The molecule has 0 aliphatic rings. The molecule has 0 radical (unpaired) electrons. The minimum atomic E-state index is 0.486. The van der Waals surface area contributed by atoms with Crippen molar-refractivity contribution in [2.45, 2.75) is 26.4 Å². The van der Waals surface area contributed by atoms with Crippen LogP contribution in [0, 0.1) is 0 Å². The van der Waals surface area contributed by atoms with Crippen LogP contribution in [-0.2, 0) is 6.54 Å². The summed E-state index contributed by atoms with van der Waals surface area (Å²) in [5.41, 5.74) is 1.10. The van der Waals surface area contributed by atoms with E-state index in [1.165, 1.54) is 4.88 Å². The smallest absolute Gasteiger partial charge is 0.120 e. The number of imidazole rings is 1. The number of aromatic amines is 1. The summed E-state index contributed by atoms with van der Waals surface area (Å²) in [5, 5.41) is 5.40. The van der Waals surface area contributed by atoms with E-state index in [-0.39, 0.29) is 0 Å². The zero-order valence-corrected chi connectivity index (χ0v) is 9.77. The Morgan fingerprint density at radius 2 is 2.40 bits per heavy atom. The fourth-order valence-corrected chi connectivity index (χ4v) is 2.00. The lowest BCUT2D eigenvalue weighted by molar-refractivity contribution is 0.575. The fraction of sp³-hybridized carbons (Fsp3) is 0.364. The topological polar surface area (TPSA) is 40.7 Å². The van der Waals surface area contributed by atoms with Crippen LogP contribution in [0.25, 0.3) is 10.6 Å². The summed E-state index contributed by atoms with van der Waals surface area (Å²) in [6, 6.07) is 4.63. The van der Waals surface area contributed by atoms with E-state index in [1.54, 1.807) is 11.3 Å². The highest BCUT2D eigenvalue weighted by Crippen LogP contribution is 2.22. The first-order chi connectivity index (χ1) is 7.25. The summed E-state index contributed by atoms with van der Waals surface area (Å²) in [4.78, 5) is 8.87. The second-order valence-electron chi connectivity index (χ2n) is 3.76. The summed E-state index contributed by atoms with van der Waals surface area (Å²) >= 11 is 1.72. The molecule has 0 amide bonds. The second kappa shape index (κ2) is 4.59. The SMILES string of the molecule is CC(C)NCc1ncc(-c2cccs2)[nH]1. The van der Waals surface area contributed by atoms with Crippen LogP contribution in [0.4, 0.5) is 0 Å². The van der Waals surface area contributed by atoms with Crippen LogP contribution >= 0.6 is 11.3 Å². The van der Waals surface area contributed by atoms with Crippen molar-refractivity contribution >= 4 is 11.3 Å². The molecule has 2 rings (SSSR count). The maximum absolute atomic E-state index is 4.33. The Hall–Kier alpha value is -1.13. The highest BCUT2D eigenvalue weighted by molar-refractivity contribution is 7.13. The number of aromatic nitrogens is 2. The Balaban J connectivity index is 2.04. The largest absolute Gasteiger partial charge is 0.340 e. The summed E-state index contributed by atoms with van der Waals surface area (Å²) in [5.74, 6) is 0.993. The van der Waals surface area contributed by atoms with E-state index >= 15 is 0 Å². The summed E-state index contributed by atoms with van der Waals surface area (Å²) in [6.07, 6.45) is 1.89. The molecule has 0 atom stereocenters. The van der Waals surface area contributed by atoms with E-state index in [0.29, 0.717) is 6.04 Å². The van der Waals surface area contributed by atoms with Gasteiger partial charge in [-0.25, -0.2) is 4.98 Å². The molecule has 2 N–H and O–H groups in total. The van der Waals surface area contributed by atoms with E-state index in [0.717, 1.165) is 18.1 Å². The average Bonchev–Trinajstić information content (AvgIpc) is 2.85. The molecule has 3 nitrogen and oxygen atoms in total. The van der Waals surface area contributed by atoms with E-state index in [4.69, 9.17) is 0 Å². The molecule has 2 heterocycles. The number of hydrogen-bond acceptors (Lipinski definition) is 3. The molecule has 4 heteroatoms. The summed E-state index contributed by atoms with van der Waals surface area (Å²) in [7, 11) is 0. The monoisotopic (exact) mass is 221 g/mol. The van der Waals surface area contributed by atoms with Gasteiger partial charge in [0.05, 0.1) is 23.3 Å². The van der Waals surface area contributed by atoms with E-state index in [9.17, 15) is 0 Å². The lowest BCUT2D eigenvalue weighted by atomic mass is 10.4. The lowest BCUT2D eigenvalue weighted by Gasteiger charge is -2.04. The van der Waals surface area contributed by atoms with Gasteiger partial charge in [-0.1, -0.05) is 19.9 Å². The quantitative estimate of drug-likeness (QED) is 0.833. The maximum atomic E-state index is 4.33. The molecule has 0 saturated carbocycles. The van der Waals surface area contributed by atoms with Gasteiger partial charge in [0.2, 0.25) is 0 Å². The van der Waals surface area contributed by atoms with Crippen LogP contribution < -0.4 is 5.32 Å². The molecule has 0 saturated heterocycles. The molecule has 80 valence electrons. The minimum absolute atomic E-state index is 0.486. The molecule has 0 spiro atoms. The number of nitrogens with zero attached hydrogens (tertiary/aromatic N) is 1. The number of hydrogen-bond donors (Lipinski definition) is 2. The van der Waals surface area contributed by atoms with Gasteiger partial charge in [-0.2, -0.15) is 0 Å². The number of nitrogens with one attached hydrogen (secondary N) is 2. The van der Waals surface area contributed by atoms with Crippen molar-refractivity contribution in [1.82, 2.24) is 15.3 Å². The molecule has 2 aromatic rings. The Kier molecular flexibility index (Phi) is 3.18. The Morgan fingerprint density at radius 1 is 1.53 bits per heavy atom. The standard InChI is InChI=1S/C11H15N3S/c1-8(2)12-7-11-13-6-9(14-11)10-4-3-5-15-10/h3-6,8,12H,7H2,1-2H3,(H,13,14). The molecule has 0 fully saturated rings. The Bertz CT molecular complexity index is 403. The minimum Gasteiger partial charge on any atom is -0.340 e. The van der Waals surface area contributed by atoms with Crippen LogP contribution in [0.2, 0.25) is 0 Å². The third kappa shape index (κ3) is 2.67. The Labute approximate surface area is 93.6 Å². The number of thiophene rings is 1. The summed E-state index contributed by atoms with van der Waals surface area (Å²) < 4.78 is 0. The lowest BCUT2D eigenvalue weighted by Crippen LogP contribution is -2.22. The van der Waals surface area contributed by atoms with Gasteiger partial charge in [-0.05, 0) is 11.4 Å². The molecule has 0 aromatic carbocycles. The third-order valence-corrected chi connectivity index (χ3v) is 3.00. The van der Waals surface area contributed by atoms with Crippen molar-refractivity contribution < 1.29 is 0 Å². The predicted octanol–water partition coefficient (Wildman–Crippen LogP) is 2.64. The predicted molar refractivity (Wildman–Crippen MR) is 63.9 cm³/mol. The molecule has 2 aromatic heterocycles. The second-order valence-corrected chi connectivity index (χ2v) is 4.70. The highest BCUT2D eigenvalue weighted by Gasteiger charge is 2.03. The van der Waals surface area contributed by atoms with Crippen LogP contribution in [0.15, 0.2) is 23.7 Å². The van der Waals surface area contributed by atoms with Crippen molar-refractivity contribution in [3.8, 4) is 10.6 Å². The first-order valence-corrected chi connectivity index (χ1v) is 5.95. The number of rotatable bonds is 4. The van der Waals surface area contributed by atoms with Crippen molar-refractivity contribution in [2.75, 3.05) is 0 Å². The van der Waals surface area contributed by atoms with Gasteiger partial charge >= 0.3 is 0 Å². The third-order valence-electron chi connectivity index (χ3n) is 2.09. The van der Waals surface area contributed by atoms with Crippen LogP contribution in [0.3, 0.4) is 0 Å². The van der Waals surface area contributed by atoms with Gasteiger partial charge < -0.3 is 10.3 Å². The summed E-state index contributed by atoms with van der Waals surface area (Å²) in [6.45, 7) is 5.05. The molecule has 0 bridgehead atoms. The number of H-pyrrole nitrogens is 1. The molecule has 0 aliphatic carbocycles. The van der Waals surface area contributed by atoms with Gasteiger partial charge in [-0.15, -0.1) is 11.3 Å². The molecule has 0 unspecified atom stereocenters. The first-order valence-electron chi connectivity index (χ1n) is 5.07. The fourth-order valence-electron chi connectivity index (χ4n) is 1.31. The highest BCUT2D eigenvalue weighted by atomic mass is 32.1. The molecular weight excluding hydrogens is 206 g/mol. The van der Waals surface area contributed by atoms with Gasteiger partial charge in [0.1, 0.15) is 5.82 Å². The van der Waals surface area contributed by atoms with E-state index < -0.39 is 0 Å². The van der Waals surface area contributed by atoms with Gasteiger partial charge in [0.15, 0.2) is 0 Å². The normalized spacial score (nSPS) is 11.1. The van der Waals surface area contributed by atoms with Crippen LogP contribution in [-0.4, -0.2) is 16.0 Å². The van der Waals surface area contributed by atoms with Crippen molar-refractivity contribution in [3.63, 3.8) is 0 Å². The maximum Gasteiger partial charge on any atom is 0.120 e. The van der Waals surface area contributed by atoms with Crippen LogP contribution in [0.5, 0.6) is 0 Å². The molecular formula is C11H15N3S. The first kappa shape index (κ1) is 10.4. The average molecular weight is 221 g/mol. The Morgan fingerprint density at radius 3 is 3.07 bits per heavy atom. The van der Waals surface area contributed by atoms with Gasteiger partial charge in [-0.3, -0.25) is 0 Å². The van der Waals surface area contributed by atoms with Gasteiger partial charge in [0.25, 0.3) is 0 Å². The van der Waals surface area contributed by atoms with E-state index in [1.807, 2.05) is 12.3 Å².